The number of carbonyl (C=O) groups is 2. The number of hydrogen-bond donors (Lipinski definition) is 2. The number of thiophene rings is 1. The smallest absolute Gasteiger partial charge is 0.391 e. The number of carboxylic acids is 1. The van der Waals surface area contributed by atoms with E-state index < -0.39 is 30.5 Å². The minimum atomic E-state index is -4.72. The lowest BCUT2D eigenvalue weighted by atomic mass is 10.2. The normalized spacial score (nSPS) is 12.5. The number of rotatable bonds is 7. The van der Waals surface area contributed by atoms with Gasteiger partial charge in [-0.05, 0) is 18.6 Å². The molecule has 1 aromatic heterocycles. The number of aliphatic carboxylic acids is 1. The van der Waals surface area contributed by atoms with Gasteiger partial charge in [-0.25, -0.2) is 4.79 Å². The zero-order valence-electron chi connectivity index (χ0n) is 13.7. The Bertz CT molecular complexity index is 774. The SMILES string of the molecule is CCOc1cc(-c2ccccc2)sc1C(=O)NC(CC(F)(F)F)C(=O)O. The Morgan fingerprint density at radius 2 is 1.92 bits per heavy atom. The summed E-state index contributed by atoms with van der Waals surface area (Å²) < 4.78 is 42.9. The Balaban J connectivity index is 2.29. The summed E-state index contributed by atoms with van der Waals surface area (Å²) in [6.07, 6.45) is -6.38. The summed E-state index contributed by atoms with van der Waals surface area (Å²) in [7, 11) is 0. The van der Waals surface area contributed by atoms with Gasteiger partial charge in [-0.2, -0.15) is 13.2 Å². The number of halogens is 3. The fourth-order valence-corrected chi connectivity index (χ4v) is 3.21. The van der Waals surface area contributed by atoms with Crippen LogP contribution in [-0.2, 0) is 4.79 Å². The van der Waals surface area contributed by atoms with Gasteiger partial charge in [-0.15, -0.1) is 11.3 Å². The van der Waals surface area contributed by atoms with Crippen LogP contribution in [-0.4, -0.2) is 35.8 Å². The average Bonchev–Trinajstić information content (AvgIpc) is 2.98. The molecule has 1 unspecified atom stereocenters. The zero-order valence-corrected chi connectivity index (χ0v) is 14.5. The monoisotopic (exact) mass is 387 g/mol. The maximum Gasteiger partial charge on any atom is 0.391 e. The fraction of sp³-hybridized carbons (Fsp3) is 0.294. The van der Waals surface area contributed by atoms with E-state index >= 15 is 0 Å². The highest BCUT2D eigenvalue weighted by molar-refractivity contribution is 7.17. The van der Waals surface area contributed by atoms with E-state index in [-0.39, 0.29) is 17.2 Å². The standard InChI is InChI=1S/C17H16F3NO4S/c1-2-25-12-8-13(10-6-4-3-5-7-10)26-14(12)15(22)21-11(16(23)24)9-17(18,19)20/h3-8,11H,2,9H2,1H3,(H,21,22)(H,23,24). The first-order chi connectivity index (χ1) is 12.2. The molecule has 0 saturated heterocycles. The summed E-state index contributed by atoms with van der Waals surface area (Å²) in [6.45, 7) is 1.95. The van der Waals surface area contributed by atoms with Crippen LogP contribution in [0.15, 0.2) is 36.4 Å². The molecule has 1 atom stereocenters. The molecule has 0 aliphatic carbocycles. The Kier molecular flexibility index (Phi) is 6.25. The van der Waals surface area contributed by atoms with Crippen LogP contribution >= 0.6 is 11.3 Å². The molecule has 26 heavy (non-hydrogen) atoms. The second kappa shape index (κ2) is 8.22. The largest absolute Gasteiger partial charge is 0.492 e. The molecule has 140 valence electrons. The van der Waals surface area contributed by atoms with E-state index in [2.05, 4.69) is 0 Å². The van der Waals surface area contributed by atoms with Gasteiger partial charge in [0.05, 0.1) is 13.0 Å². The second-order valence-corrected chi connectivity index (χ2v) is 6.34. The van der Waals surface area contributed by atoms with Gasteiger partial charge in [0.25, 0.3) is 5.91 Å². The molecule has 0 spiro atoms. The number of nitrogens with one attached hydrogen (secondary N) is 1. The van der Waals surface area contributed by atoms with Crippen molar-refractivity contribution in [2.24, 2.45) is 0 Å². The minimum Gasteiger partial charge on any atom is -0.492 e. The molecule has 0 bridgehead atoms. The zero-order chi connectivity index (χ0) is 19.3. The lowest BCUT2D eigenvalue weighted by molar-refractivity contribution is -0.157. The van der Waals surface area contributed by atoms with Gasteiger partial charge < -0.3 is 15.2 Å². The topological polar surface area (TPSA) is 75.6 Å². The molecular weight excluding hydrogens is 371 g/mol. The molecule has 1 heterocycles. The third kappa shape index (κ3) is 5.22. The van der Waals surface area contributed by atoms with E-state index in [4.69, 9.17) is 9.84 Å². The highest BCUT2D eigenvalue weighted by Gasteiger charge is 2.37. The summed E-state index contributed by atoms with van der Waals surface area (Å²) in [5, 5.41) is 10.9. The van der Waals surface area contributed by atoms with Crippen molar-refractivity contribution in [3.05, 3.63) is 41.3 Å². The lowest BCUT2D eigenvalue weighted by Crippen LogP contribution is -2.43. The summed E-state index contributed by atoms with van der Waals surface area (Å²) in [5.74, 6) is -2.48. The average molecular weight is 387 g/mol. The van der Waals surface area contributed by atoms with Crippen molar-refractivity contribution in [1.29, 1.82) is 0 Å². The van der Waals surface area contributed by atoms with E-state index in [0.29, 0.717) is 4.88 Å². The number of benzene rings is 1. The first kappa shape index (κ1) is 19.8. The van der Waals surface area contributed by atoms with Crippen molar-refractivity contribution in [1.82, 2.24) is 5.32 Å². The number of amides is 1. The van der Waals surface area contributed by atoms with Gasteiger partial charge >= 0.3 is 12.1 Å². The van der Waals surface area contributed by atoms with Crippen molar-refractivity contribution in [3.63, 3.8) is 0 Å². The van der Waals surface area contributed by atoms with Crippen LogP contribution in [0.2, 0.25) is 0 Å². The third-order valence-corrected chi connectivity index (χ3v) is 4.47. The van der Waals surface area contributed by atoms with Gasteiger partial charge in [0.2, 0.25) is 0 Å². The number of alkyl halides is 3. The summed E-state index contributed by atoms with van der Waals surface area (Å²) >= 11 is 1.02. The predicted molar refractivity (Wildman–Crippen MR) is 90.5 cm³/mol. The van der Waals surface area contributed by atoms with E-state index in [1.807, 2.05) is 23.5 Å². The van der Waals surface area contributed by atoms with Gasteiger partial charge in [0, 0.05) is 4.88 Å². The maximum atomic E-state index is 12.5. The Morgan fingerprint density at radius 1 is 1.27 bits per heavy atom. The molecule has 9 heteroatoms. The van der Waals surface area contributed by atoms with Crippen molar-refractivity contribution in [2.75, 3.05) is 6.61 Å². The van der Waals surface area contributed by atoms with Crippen LogP contribution in [0.5, 0.6) is 5.75 Å². The molecule has 2 rings (SSSR count). The minimum absolute atomic E-state index is 0.0270. The van der Waals surface area contributed by atoms with Crippen LogP contribution < -0.4 is 10.1 Å². The quantitative estimate of drug-likeness (QED) is 0.754. The molecule has 0 aliphatic rings. The highest BCUT2D eigenvalue weighted by Crippen LogP contribution is 2.36. The van der Waals surface area contributed by atoms with Gasteiger partial charge in [-0.1, -0.05) is 30.3 Å². The lowest BCUT2D eigenvalue weighted by Gasteiger charge is -2.16. The molecular formula is C17H16F3NO4S. The summed E-state index contributed by atoms with van der Waals surface area (Å²) in [6, 6.07) is 8.60. The van der Waals surface area contributed by atoms with Crippen LogP contribution in [0.4, 0.5) is 13.2 Å². The van der Waals surface area contributed by atoms with Crippen molar-refractivity contribution in [2.45, 2.75) is 25.6 Å². The molecule has 1 aromatic carbocycles. The van der Waals surface area contributed by atoms with Crippen LogP contribution in [0, 0.1) is 0 Å². The molecule has 1 amide bonds. The Hall–Kier alpha value is -2.55. The Morgan fingerprint density at radius 3 is 2.46 bits per heavy atom. The van der Waals surface area contributed by atoms with Gasteiger partial charge in [0.15, 0.2) is 0 Å². The number of carbonyl (C=O) groups excluding carboxylic acids is 1. The third-order valence-electron chi connectivity index (χ3n) is 3.30. The van der Waals surface area contributed by atoms with E-state index in [0.717, 1.165) is 16.9 Å². The predicted octanol–water partition coefficient (Wildman–Crippen LogP) is 3.95. The van der Waals surface area contributed by atoms with Crippen LogP contribution in [0.1, 0.15) is 23.0 Å². The molecule has 0 aliphatic heterocycles. The van der Waals surface area contributed by atoms with Crippen molar-refractivity contribution in [3.8, 4) is 16.2 Å². The first-order valence-corrected chi connectivity index (χ1v) is 8.45. The first-order valence-electron chi connectivity index (χ1n) is 7.63. The molecule has 2 aromatic rings. The molecule has 5 nitrogen and oxygen atoms in total. The fourth-order valence-electron chi connectivity index (χ4n) is 2.20. The Labute approximate surface area is 151 Å². The number of carboxylic acid groups (broad SMARTS) is 1. The van der Waals surface area contributed by atoms with Crippen molar-refractivity contribution >= 4 is 23.2 Å². The molecule has 0 fully saturated rings. The highest BCUT2D eigenvalue weighted by atomic mass is 32.1. The van der Waals surface area contributed by atoms with Gasteiger partial charge in [-0.3, -0.25) is 4.79 Å². The van der Waals surface area contributed by atoms with Crippen molar-refractivity contribution < 1.29 is 32.6 Å². The molecule has 0 radical (unpaired) electrons. The number of hydrogen-bond acceptors (Lipinski definition) is 4. The van der Waals surface area contributed by atoms with E-state index in [9.17, 15) is 22.8 Å². The van der Waals surface area contributed by atoms with E-state index in [1.54, 1.807) is 25.1 Å². The van der Waals surface area contributed by atoms with Crippen LogP contribution in [0.3, 0.4) is 0 Å². The summed E-state index contributed by atoms with van der Waals surface area (Å²) in [4.78, 5) is 24.1. The summed E-state index contributed by atoms with van der Waals surface area (Å²) in [5.41, 5.74) is 0.808. The molecule has 0 saturated carbocycles. The second-order valence-electron chi connectivity index (χ2n) is 5.29. The van der Waals surface area contributed by atoms with Gasteiger partial charge in [0.1, 0.15) is 16.7 Å². The maximum absolute atomic E-state index is 12.5. The number of ether oxygens (including phenoxy) is 1. The molecule has 2 N–H and O–H groups in total. The van der Waals surface area contributed by atoms with Crippen LogP contribution in [0.25, 0.3) is 10.4 Å². The van der Waals surface area contributed by atoms with E-state index in [1.165, 1.54) is 0 Å².